The zero-order valence-corrected chi connectivity index (χ0v) is 12.8. The highest BCUT2D eigenvalue weighted by atomic mass is 32.1. The van der Waals surface area contributed by atoms with Crippen LogP contribution in [0.15, 0.2) is 21.9 Å². The normalized spacial score (nSPS) is 12.6. The Hall–Kier alpha value is -1.33. The number of anilines is 1. The first kappa shape index (κ1) is 14.1. The van der Waals surface area contributed by atoms with Crippen LogP contribution in [0, 0.1) is 6.92 Å². The third kappa shape index (κ3) is 3.58. The summed E-state index contributed by atoms with van der Waals surface area (Å²) in [4.78, 5) is 6.79. The molecule has 0 aliphatic heterocycles. The van der Waals surface area contributed by atoms with E-state index in [1.165, 1.54) is 0 Å². The van der Waals surface area contributed by atoms with Gasteiger partial charge in [0.1, 0.15) is 11.5 Å². The summed E-state index contributed by atoms with van der Waals surface area (Å²) in [7, 11) is 2.04. The molecule has 1 N–H and O–H groups in total. The predicted molar refractivity (Wildman–Crippen MR) is 79.8 cm³/mol. The molecule has 1 atom stereocenters. The van der Waals surface area contributed by atoms with E-state index in [4.69, 9.17) is 4.42 Å². The molecule has 2 aromatic heterocycles. The van der Waals surface area contributed by atoms with Crippen LogP contribution in [0.4, 0.5) is 5.13 Å². The third-order valence-corrected chi connectivity index (χ3v) is 3.95. The second kappa shape index (κ2) is 6.21. The van der Waals surface area contributed by atoms with Gasteiger partial charge in [0.25, 0.3) is 0 Å². The molecule has 0 aliphatic carbocycles. The minimum atomic E-state index is 0.300. The van der Waals surface area contributed by atoms with Gasteiger partial charge in [0.2, 0.25) is 0 Å². The van der Waals surface area contributed by atoms with Crippen LogP contribution in [-0.2, 0) is 6.54 Å². The highest BCUT2D eigenvalue weighted by molar-refractivity contribution is 7.13. The molecule has 0 radical (unpaired) electrons. The van der Waals surface area contributed by atoms with Crippen molar-refractivity contribution in [2.24, 2.45) is 0 Å². The van der Waals surface area contributed by atoms with Gasteiger partial charge in [-0.15, -0.1) is 11.3 Å². The molecule has 1 unspecified atom stereocenters. The lowest BCUT2D eigenvalue weighted by molar-refractivity contribution is 0.481. The highest BCUT2D eigenvalue weighted by Gasteiger charge is 2.12. The van der Waals surface area contributed by atoms with E-state index in [0.717, 1.165) is 35.4 Å². The maximum atomic E-state index is 5.59. The summed E-state index contributed by atoms with van der Waals surface area (Å²) in [5.74, 6) is 1.92. The fraction of sp³-hybridized carbons (Fsp3) is 0.500. The molecular formula is C14H21N3OS. The molecule has 0 spiro atoms. The van der Waals surface area contributed by atoms with Crippen LogP contribution in [0.25, 0.3) is 0 Å². The first-order valence-corrected chi connectivity index (χ1v) is 7.43. The summed E-state index contributed by atoms with van der Waals surface area (Å²) in [6, 6.07) is 4.31. The Morgan fingerprint density at radius 1 is 1.47 bits per heavy atom. The highest BCUT2D eigenvalue weighted by Crippen LogP contribution is 2.24. The average Bonchev–Trinajstić information content (AvgIpc) is 2.98. The van der Waals surface area contributed by atoms with E-state index in [1.54, 1.807) is 11.3 Å². The van der Waals surface area contributed by atoms with Crippen molar-refractivity contribution in [2.75, 3.05) is 18.5 Å². The number of aromatic nitrogens is 1. The van der Waals surface area contributed by atoms with Gasteiger partial charge < -0.3 is 14.6 Å². The van der Waals surface area contributed by atoms with Crippen molar-refractivity contribution in [1.29, 1.82) is 0 Å². The summed E-state index contributed by atoms with van der Waals surface area (Å²) in [6.07, 6.45) is 0. The minimum absolute atomic E-state index is 0.300. The number of hydrogen-bond donors (Lipinski definition) is 1. The molecule has 0 bridgehead atoms. The zero-order chi connectivity index (χ0) is 13.8. The summed E-state index contributed by atoms with van der Waals surface area (Å²) in [5, 5.41) is 6.51. The number of nitrogens with one attached hydrogen (secondary N) is 1. The Balaban J connectivity index is 2.01. The molecule has 19 heavy (non-hydrogen) atoms. The van der Waals surface area contributed by atoms with Crippen LogP contribution in [0.5, 0.6) is 0 Å². The van der Waals surface area contributed by atoms with Crippen molar-refractivity contribution < 1.29 is 4.42 Å². The Kier molecular flexibility index (Phi) is 4.61. The molecule has 2 rings (SSSR count). The van der Waals surface area contributed by atoms with E-state index in [9.17, 15) is 0 Å². The van der Waals surface area contributed by atoms with Crippen molar-refractivity contribution >= 4 is 16.5 Å². The standard InChI is InChI=1S/C14H21N3OS/c1-5-15-11(3)13-9-19-14(16-13)17(4)8-12-7-6-10(2)18-12/h6-7,9,11,15H,5,8H2,1-4H3. The van der Waals surface area contributed by atoms with E-state index in [-0.39, 0.29) is 0 Å². The second-order valence-electron chi connectivity index (χ2n) is 4.70. The van der Waals surface area contributed by atoms with Gasteiger partial charge in [-0.25, -0.2) is 4.98 Å². The number of rotatable bonds is 6. The lowest BCUT2D eigenvalue weighted by atomic mass is 10.3. The molecule has 0 aliphatic rings. The van der Waals surface area contributed by atoms with Crippen molar-refractivity contribution in [3.05, 3.63) is 34.7 Å². The minimum Gasteiger partial charge on any atom is -0.464 e. The monoisotopic (exact) mass is 279 g/mol. The fourth-order valence-electron chi connectivity index (χ4n) is 1.93. The van der Waals surface area contributed by atoms with Gasteiger partial charge in [0.15, 0.2) is 5.13 Å². The van der Waals surface area contributed by atoms with E-state index < -0.39 is 0 Å². The summed E-state index contributed by atoms with van der Waals surface area (Å²) >= 11 is 1.67. The van der Waals surface area contributed by atoms with Crippen LogP contribution >= 0.6 is 11.3 Å². The molecule has 0 aromatic carbocycles. The van der Waals surface area contributed by atoms with Crippen molar-refractivity contribution in [2.45, 2.75) is 33.4 Å². The molecule has 4 nitrogen and oxygen atoms in total. The van der Waals surface area contributed by atoms with Gasteiger partial charge in [-0.3, -0.25) is 0 Å². The number of thiazole rings is 1. The Bertz CT molecular complexity index is 520. The smallest absolute Gasteiger partial charge is 0.185 e. The second-order valence-corrected chi connectivity index (χ2v) is 5.54. The number of aryl methyl sites for hydroxylation is 1. The lowest BCUT2D eigenvalue weighted by Gasteiger charge is -2.14. The summed E-state index contributed by atoms with van der Waals surface area (Å²) in [5.41, 5.74) is 1.10. The molecule has 2 aromatic rings. The van der Waals surface area contributed by atoms with Gasteiger partial charge in [-0.2, -0.15) is 0 Å². The van der Waals surface area contributed by atoms with Crippen LogP contribution in [-0.4, -0.2) is 18.6 Å². The van der Waals surface area contributed by atoms with Gasteiger partial charge in [-0.05, 0) is 32.5 Å². The van der Waals surface area contributed by atoms with E-state index in [1.807, 2.05) is 26.1 Å². The molecule has 2 heterocycles. The van der Waals surface area contributed by atoms with Crippen LogP contribution in [0.2, 0.25) is 0 Å². The summed E-state index contributed by atoms with van der Waals surface area (Å²) in [6.45, 7) is 7.91. The third-order valence-electron chi connectivity index (χ3n) is 2.98. The van der Waals surface area contributed by atoms with E-state index in [0.29, 0.717) is 6.04 Å². The molecule has 0 saturated carbocycles. The molecule has 5 heteroatoms. The molecule has 0 fully saturated rings. The van der Waals surface area contributed by atoms with Gasteiger partial charge in [-0.1, -0.05) is 6.92 Å². The first-order chi connectivity index (χ1) is 9.10. The van der Waals surface area contributed by atoms with Crippen molar-refractivity contribution in [3.8, 4) is 0 Å². The lowest BCUT2D eigenvalue weighted by Crippen LogP contribution is -2.19. The first-order valence-electron chi connectivity index (χ1n) is 6.55. The van der Waals surface area contributed by atoms with Gasteiger partial charge in [0.05, 0.1) is 12.2 Å². The maximum Gasteiger partial charge on any atom is 0.185 e. The van der Waals surface area contributed by atoms with Crippen LogP contribution < -0.4 is 10.2 Å². The van der Waals surface area contributed by atoms with Gasteiger partial charge >= 0.3 is 0 Å². The molecule has 0 saturated heterocycles. The van der Waals surface area contributed by atoms with E-state index >= 15 is 0 Å². The fourth-order valence-corrected chi connectivity index (χ4v) is 2.82. The topological polar surface area (TPSA) is 41.3 Å². The molecule has 0 amide bonds. The van der Waals surface area contributed by atoms with Crippen molar-refractivity contribution in [3.63, 3.8) is 0 Å². The van der Waals surface area contributed by atoms with E-state index in [2.05, 4.69) is 34.4 Å². The Labute approximate surface area is 118 Å². The predicted octanol–water partition coefficient (Wildman–Crippen LogP) is 3.35. The number of hydrogen-bond acceptors (Lipinski definition) is 5. The van der Waals surface area contributed by atoms with Crippen LogP contribution in [0.1, 0.15) is 37.1 Å². The average molecular weight is 279 g/mol. The summed E-state index contributed by atoms with van der Waals surface area (Å²) < 4.78 is 5.59. The molecule has 104 valence electrons. The number of furan rings is 1. The van der Waals surface area contributed by atoms with Crippen LogP contribution in [0.3, 0.4) is 0 Å². The molecular weight excluding hydrogens is 258 g/mol. The largest absolute Gasteiger partial charge is 0.464 e. The quantitative estimate of drug-likeness (QED) is 0.880. The Morgan fingerprint density at radius 3 is 2.89 bits per heavy atom. The number of nitrogens with zero attached hydrogens (tertiary/aromatic N) is 2. The Morgan fingerprint density at radius 2 is 2.26 bits per heavy atom. The van der Waals surface area contributed by atoms with Crippen molar-refractivity contribution in [1.82, 2.24) is 10.3 Å². The maximum absolute atomic E-state index is 5.59. The zero-order valence-electron chi connectivity index (χ0n) is 11.9. The van der Waals surface area contributed by atoms with Gasteiger partial charge in [0, 0.05) is 18.5 Å². The SMILES string of the molecule is CCNC(C)c1csc(N(C)Cc2ccc(C)o2)n1.